The average molecular weight is 459 g/mol. The van der Waals surface area contributed by atoms with Gasteiger partial charge in [0.25, 0.3) is 0 Å². The van der Waals surface area contributed by atoms with Gasteiger partial charge < -0.3 is 14.4 Å². The first-order valence-corrected chi connectivity index (χ1v) is 10.8. The zero-order valence-electron chi connectivity index (χ0n) is 18.7. The van der Waals surface area contributed by atoms with Gasteiger partial charge in [0, 0.05) is 24.2 Å². The second kappa shape index (κ2) is 8.55. The van der Waals surface area contributed by atoms with Crippen LogP contribution in [0.25, 0.3) is 5.65 Å². The molecule has 0 saturated carbocycles. The third-order valence-corrected chi connectivity index (χ3v) is 5.72. The third-order valence-electron chi connectivity index (χ3n) is 5.52. The fourth-order valence-electron chi connectivity index (χ4n) is 3.93. The highest BCUT2D eigenvalue weighted by molar-refractivity contribution is 6.29. The second-order valence-electron chi connectivity index (χ2n) is 8.72. The van der Waals surface area contributed by atoms with E-state index in [0.29, 0.717) is 43.3 Å². The molecular formula is C22H27ClN6O3. The normalized spacial score (nSPS) is 14.7. The monoisotopic (exact) mass is 458 g/mol. The number of ketones is 1. The van der Waals surface area contributed by atoms with E-state index < -0.39 is 0 Å². The molecule has 10 heteroatoms. The van der Waals surface area contributed by atoms with Crippen LogP contribution in [0.3, 0.4) is 0 Å². The number of aromatic nitrogens is 4. The highest BCUT2D eigenvalue weighted by Gasteiger charge is 2.29. The summed E-state index contributed by atoms with van der Waals surface area (Å²) in [6.07, 6.45) is 0. The number of hydrogen-bond donors (Lipinski definition) is 1. The lowest BCUT2D eigenvalue weighted by Gasteiger charge is -2.34. The fraction of sp³-hybridized carbons (Fsp3) is 0.455. The van der Waals surface area contributed by atoms with Gasteiger partial charge in [-0.1, -0.05) is 38.4 Å². The number of ether oxygens (including phenoxy) is 2. The predicted molar refractivity (Wildman–Crippen MR) is 121 cm³/mol. The maximum Gasteiger partial charge on any atom is 0.242 e. The van der Waals surface area contributed by atoms with Crippen LogP contribution in [0.4, 0.5) is 5.69 Å². The third kappa shape index (κ3) is 4.10. The SMILES string of the molecule is COc1c(C(C)(C)C)ccc(C(=O)Cn2nc3ccc(Cl)nn3c2=N)c1N1CCOCC1. The quantitative estimate of drug-likeness (QED) is 0.590. The van der Waals surface area contributed by atoms with Crippen molar-refractivity contribution in [1.29, 1.82) is 5.41 Å². The Kier molecular flexibility index (Phi) is 5.96. The molecule has 1 aromatic carbocycles. The molecule has 32 heavy (non-hydrogen) atoms. The van der Waals surface area contributed by atoms with Crippen molar-refractivity contribution >= 4 is 28.7 Å². The average Bonchev–Trinajstić information content (AvgIpc) is 3.07. The summed E-state index contributed by atoms with van der Waals surface area (Å²) in [5.74, 6) is 0.531. The summed E-state index contributed by atoms with van der Waals surface area (Å²) in [7, 11) is 1.64. The Morgan fingerprint density at radius 3 is 2.56 bits per heavy atom. The number of nitrogens with one attached hydrogen (secondary N) is 1. The van der Waals surface area contributed by atoms with E-state index in [0.717, 1.165) is 11.3 Å². The predicted octanol–water partition coefficient (Wildman–Crippen LogP) is 2.69. The lowest BCUT2D eigenvalue weighted by molar-refractivity contribution is 0.0963. The van der Waals surface area contributed by atoms with Crippen LogP contribution in [0.2, 0.25) is 5.15 Å². The highest BCUT2D eigenvalue weighted by atomic mass is 35.5. The van der Waals surface area contributed by atoms with Crippen molar-refractivity contribution in [3.8, 4) is 5.75 Å². The Bertz CT molecular complexity index is 1220. The maximum atomic E-state index is 13.5. The van der Waals surface area contributed by atoms with Crippen LogP contribution in [0.15, 0.2) is 24.3 Å². The molecule has 0 bridgehead atoms. The molecule has 3 aromatic rings. The standard InChI is InChI=1S/C22H27ClN6O3/c1-22(2,3)15-6-5-14(19(20(15)31-4)27-9-11-32-12-10-27)16(30)13-28-21(24)29-18(26-28)8-7-17(23)25-29/h5-8,24H,9-13H2,1-4H3. The zero-order valence-corrected chi connectivity index (χ0v) is 19.4. The van der Waals surface area contributed by atoms with E-state index in [2.05, 4.69) is 35.9 Å². The first kappa shape index (κ1) is 22.3. The Morgan fingerprint density at radius 2 is 1.91 bits per heavy atom. The summed E-state index contributed by atoms with van der Waals surface area (Å²) < 4.78 is 14.0. The molecule has 4 rings (SSSR count). The zero-order chi connectivity index (χ0) is 23.0. The van der Waals surface area contributed by atoms with Crippen molar-refractivity contribution in [1.82, 2.24) is 19.4 Å². The first-order valence-electron chi connectivity index (χ1n) is 10.4. The molecule has 0 spiro atoms. The first-order chi connectivity index (χ1) is 15.2. The van der Waals surface area contributed by atoms with E-state index in [9.17, 15) is 4.79 Å². The van der Waals surface area contributed by atoms with Crippen molar-refractivity contribution in [2.75, 3.05) is 38.3 Å². The number of benzene rings is 1. The van der Waals surface area contributed by atoms with Crippen LogP contribution in [0, 0.1) is 5.41 Å². The van der Waals surface area contributed by atoms with Gasteiger partial charge in [-0.3, -0.25) is 10.2 Å². The molecule has 0 amide bonds. The number of carbonyl (C=O) groups is 1. The number of halogens is 1. The molecule has 9 nitrogen and oxygen atoms in total. The number of carbonyl (C=O) groups excluding carboxylic acids is 1. The van der Waals surface area contributed by atoms with Gasteiger partial charge in [0.05, 0.1) is 26.0 Å². The van der Waals surface area contributed by atoms with Gasteiger partial charge in [-0.15, -0.1) is 5.10 Å². The summed E-state index contributed by atoms with van der Waals surface area (Å²) in [5.41, 5.74) is 2.59. The second-order valence-corrected chi connectivity index (χ2v) is 9.11. The van der Waals surface area contributed by atoms with E-state index in [-0.39, 0.29) is 28.5 Å². The van der Waals surface area contributed by atoms with Crippen molar-refractivity contribution in [2.24, 2.45) is 0 Å². The summed E-state index contributed by atoms with van der Waals surface area (Å²) in [6, 6.07) is 7.06. The number of morpholine rings is 1. The number of Topliss-reactive ketones (excluding diaryl/α,β-unsaturated/α-hetero) is 1. The van der Waals surface area contributed by atoms with E-state index >= 15 is 0 Å². The van der Waals surface area contributed by atoms with Gasteiger partial charge in [-0.05, 0) is 23.6 Å². The molecule has 1 fully saturated rings. The minimum Gasteiger partial charge on any atom is -0.494 e. The van der Waals surface area contributed by atoms with E-state index in [4.69, 9.17) is 26.5 Å². The fourth-order valence-corrected chi connectivity index (χ4v) is 4.07. The van der Waals surface area contributed by atoms with E-state index in [1.165, 1.54) is 9.20 Å². The number of nitrogens with zero attached hydrogens (tertiary/aromatic N) is 5. The summed E-state index contributed by atoms with van der Waals surface area (Å²) >= 11 is 5.94. The van der Waals surface area contributed by atoms with Gasteiger partial charge >= 0.3 is 0 Å². The van der Waals surface area contributed by atoms with Gasteiger partial charge in [0.2, 0.25) is 5.62 Å². The smallest absolute Gasteiger partial charge is 0.242 e. The van der Waals surface area contributed by atoms with Crippen molar-refractivity contribution in [2.45, 2.75) is 32.7 Å². The van der Waals surface area contributed by atoms with Gasteiger partial charge in [0.15, 0.2) is 11.4 Å². The molecule has 0 atom stereocenters. The van der Waals surface area contributed by atoms with Crippen molar-refractivity contribution in [3.05, 3.63) is 46.2 Å². The molecule has 1 aliphatic heterocycles. The molecule has 2 aromatic heterocycles. The van der Waals surface area contributed by atoms with E-state index in [1.807, 2.05) is 12.1 Å². The number of anilines is 1. The minimum atomic E-state index is -0.168. The van der Waals surface area contributed by atoms with Crippen molar-refractivity contribution < 1.29 is 14.3 Å². The lowest BCUT2D eigenvalue weighted by Crippen LogP contribution is -2.38. The van der Waals surface area contributed by atoms with Gasteiger partial charge in [-0.2, -0.15) is 9.61 Å². The lowest BCUT2D eigenvalue weighted by atomic mass is 9.84. The number of methoxy groups -OCH3 is 1. The van der Waals surface area contributed by atoms with Crippen LogP contribution in [0.5, 0.6) is 5.75 Å². The minimum absolute atomic E-state index is 0.0259. The van der Waals surface area contributed by atoms with Crippen LogP contribution in [-0.2, 0) is 16.7 Å². The van der Waals surface area contributed by atoms with Crippen molar-refractivity contribution in [3.63, 3.8) is 0 Å². The summed E-state index contributed by atoms with van der Waals surface area (Å²) in [4.78, 5) is 15.6. The van der Waals surface area contributed by atoms with Crippen LogP contribution in [-0.4, -0.2) is 58.6 Å². The Morgan fingerprint density at radius 1 is 1.19 bits per heavy atom. The Labute approximate surface area is 191 Å². The summed E-state index contributed by atoms with van der Waals surface area (Å²) in [6.45, 7) is 8.75. The number of rotatable bonds is 5. The highest BCUT2D eigenvalue weighted by Crippen LogP contribution is 2.41. The Hall–Kier alpha value is -2.91. The molecule has 0 unspecified atom stereocenters. The molecular weight excluding hydrogens is 432 g/mol. The van der Waals surface area contributed by atoms with Crippen LogP contribution >= 0.6 is 11.6 Å². The maximum absolute atomic E-state index is 13.5. The van der Waals surface area contributed by atoms with Crippen LogP contribution < -0.4 is 15.3 Å². The summed E-state index contributed by atoms with van der Waals surface area (Å²) in [5, 5.41) is 17.0. The Balaban J connectivity index is 1.79. The van der Waals surface area contributed by atoms with Crippen LogP contribution in [0.1, 0.15) is 36.7 Å². The molecule has 3 heterocycles. The largest absolute Gasteiger partial charge is 0.494 e. The molecule has 0 radical (unpaired) electrons. The number of fused-ring (bicyclic) bond motifs is 1. The number of hydrogen-bond acceptors (Lipinski definition) is 7. The topological polar surface area (TPSA) is 97.7 Å². The molecule has 0 aliphatic carbocycles. The molecule has 1 aliphatic rings. The van der Waals surface area contributed by atoms with Gasteiger partial charge in [0.1, 0.15) is 17.4 Å². The molecule has 1 saturated heterocycles. The molecule has 1 N–H and O–H groups in total. The van der Waals surface area contributed by atoms with Gasteiger partial charge in [-0.25, -0.2) is 4.68 Å². The van der Waals surface area contributed by atoms with E-state index in [1.54, 1.807) is 19.2 Å². The molecule has 170 valence electrons.